The van der Waals surface area contributed by atoms with Gasteiger partial charge in [0.25, 0.3) is 0 Å². The average Bonchev–Trinajstić information content (AvgIpc) is 2.69. The van der Waals surface area contributed by atoms with Gasteiger partial charge in [0.2, 0.25) is 0 Å². The van der Waals surface area contributed by atoms with Crippen molar-refractivity contribution in [3.05, 3.63) is 68.8 Å². The van der Waals surface area contributed by atoms with Gasteiger partial charge in [-0.05, 0) is 35.4 Å². The Labute approximate surface area is 119 Å². The predicted octanol–water partition coefficient (Wildman–Crippen LogP) is 2.93. The van der Waals surface area contributed by atoms with Gasteiger partial charge < -0.3 is 0 Å². The van der Waals surface area contributed by atoms with Crippen LogP contribution in [0.25, 0.3) is 0 Å². The van der Waals surface area contributed by atoms with E-state index in [0.717, 1.165) is 16.4 Å². The number of halogens is 1. The highest BCUT2D eigenvalue weighted by atomic mass is 35.5. The second kappa shape index (κ2) is 5.86. The van der Waals surface area contributed by atoms with Crippen molar-refractivity contribution in [2.24, 2.45) is 0 Å². The van der Waals surface area contributed by atoms with Crippen LogP contribution in [0.1, 0.15) is 5.56 Å². The molecule has 0 spiro atoms. The van der Waals surface area contributed by atoms with Gasteiger partial charge in [-0.3, -0.25) is 4.21 Å². The second-order valence-corrected chi connectivity index (χ2v) is 7.41. The lowest BCUT2D eigenvalue weighted by atomic mass is 10.2. The van der Waals surface area contributed by atoms with Crippen LogP contribution in [0.2, 0.25) is 5.02 Å². The molecule has 6 heteroatoms. The SMILES string of the molecule is O=S(C=CC1=CS(=O)(=O)C=C1)Cc1ccc(Cl)cc1. The zero-order valence-electron chi connectivity index (χ0n) is 9.82. The number of allylic oxidation sites excluding steroid dienone is 3. The average molecular weight is 315 g/mol. The Morgan fingerprint density at radius 3 is 2.47 bits per heavy atom. The maximum Gasteiger partial charge on any atom is 0.193 e. The Balaban J connectivity index is 1.99. The third kappa shape index (κ3) is 4.45. The van der Waals surface area contributed by atoms with Crippen molar-refractivity contribution in [2.45, 2.75) is 5.75 Å². The molecule has 0 fully saturated rings. The van der Waals surface area contributed by atoms with Gasteiger partial charge in [-0.15, -0.1) is 0 Å². The topological polar surface area (TPSA) is 51.2 Å². The number of hydrogen-bond donors (Lipinski definition) is 0. The van der Waals surface area contributed by atoms with Gasteiger partial charge in [-0.25, -0.2) is 8.42 Å². The molecule has 0 amide bonds. The minimum absolute atomic E-state index is 0.372. The van der Waals surface area contributed by atoms with Crippen molar-refractivity contribution in [3.8, 4) is 0 Å². The normalized spacial score (nSPS) is 18.7. The molecule has 1 atom stereocenters. The summed E-state index contributed by atoms with van der Waals surface area (Å²) in [5.74, 6) is 0.372. The first-order valence-electron chi connectivity index (χ1n) is 5.39. The van der Waals surface area contributed by atoms with E-state index < -0.39 is 20.6 Å². The number of sulfone groups is 1. The van der Waals surface area contributed by atoms with E-state index in [9.17, 15) is 12.6 Å². The molecule has 1 aliphatic heterocycles. The standard InChI is InChI=1S/C13H11ClO3S2/c14-13-3-1-11(2-4-13)9-18(15)7-5-12-6-8-19(16,17)10-12/h1-8,10H,9H2. The van der Waals surface area contributed by atoms with Crippen molar-refractivity contribution in [2.75, 3.05) is 0 Å². The molecule has 0 N–H and O–H groups in total. The highest BCUT2D eigenvalue weighted by molar-refractivity contribution is 7.97. The monoisotopic (exact) mass is 314 g/mol. The Morgan fingerprint density at radius 1 is 1.21 bits per heavy atom. The fraction of sp³-hybridized carbons (Fsp3) is 0.0769. The summed E-state index contributed by atoms with van der Waals surface area (Å²) < 4.78 is 34.1. The summed E-state index contributed by atoms with van der Waals surface area (Å²) in [5.41, 5.74) is 1.44. The van der Waals surface area contributed by atoms with E-state index in [-0.39, 0.29) is 0 Å². The molecule has 3 nitrogen and oxygen atoms in total. The van der Waals surface area contributed by atoms with Gasteiger partial charge in [0.05, 0.1) is 16.6 Å². The van der Waals surface area contributed by atoms with E-state index in [2.05, 4.69) is 0 Å². The van der Waals surface area contributed by atoms with Crippen molar-refractivity contribution in [3.63, 3.8) is 0 Å². The predicted molar refractivity (Wildman–Crippen MR) is 78.6 cm³/mol. The molecular formula is C13H11ClO3S2. The van der Waals surface area contributed by atoms with Gasteiger partial charge in [0.15, 0.2) is 9.84 Å². The molecule has 1 heterocycles. The maximum absolute atomic E-state index is 11.8. The van der Waals surface area contributed by atoms with Gasteiger partial charge in [-0.2, -0.15) is 0 Å². The lowest BCUT2D eigenvalue weighted by Crippen LogP contribution is -1.91. The molecule has 1 aliphatic rings. The van der Waals surface area contributed by atoms with Crippen LogP contribution in [0.4, 0.5) is 0 Å². The van der Waals surface area contributed by atoms with Crippen LogP contribution >= 0.6 is 11.6 Å². The van der Waals surface area contributed by atoms with Crippen LogP contribution in [-0.2, 0) is 26.4 Å². The molecule has 1 aromatic carbocycles. The molecule has 1 aromatic rings. The number of hydrogen-bond acceptors (Lipinski definition) is 3. The summed E-state index contributed by atoms with van der Waals surface area (Å²) in [7, 11) is -4.41. The fourth-order valence-corrected chi connectivity index (χ4v) is 3.50. The first-order valence-corrected chi connectivity index (χ1v) is 8.76. The summed E-state index contributed by atoms with van der Waals surface area (Å²) in [4.78, 5) is 0. The van der Waals surface area contributed by atoms with Crippen molar-refractivity contribution in [1.29, 1.82) is 0 Å². The first-order chi connectivity index (χ1) is 8.94. The molecule has 0 aromatic heterocycles. The second-order valence-electron chi connectivity index (χ2n) is 3.96. The van der Waals surface area contributed by atoms with Crippen molar-refractivity contribution >= 4 is 32.2 Å². The summed E-state index contributed by atoms with van der Waals surface area (Å²) in [5, 5.41) is 4.39. The smallest absolute Gasteiger partial charge is 0.193 e. The van der Waals surface area contributed by atoms with Crippen LogP contribution in [0.15, 0.2) is 58.2 Å². The van der Waals surface area contributed by atoms with Crippen LogP contribution in [-0.4, -0.2) is 12.6 Å². The largest absolute Gasteiger partial charge is 0.255 e. The number of rotatable bonds is 4. The summed E-state index contributed by atoms with van der Waals surface area (Å²) in [6.07, 6.45) is 3.03. The lowest BCUT2D eigenvalue weighted by Gasteiger charge is -1.98. The summed E-state index contributed by atoms with van der Waals surface area (Å²) in [6.45, 7) is 0. The zero-order chi connectivity index (χ0) is 13.9. The van der Waals surface area contributed by atoms with E-state index in [4.69, 9.17) is 11.6 Å². The quantitative estimate of drug-likeness (QED) is 0.858. The minimum Gasteiger partial charge on any atom is -0.255 e. The molecular weight excluding hydrogens is 304 g/mol. The third-order valence-corrected chi connectivity index (χ3v) is 4.81. The van der Waals surface area contributed by atoms with Crippen LogP contribution in [0, 0.1) is 0 Å². The Morgan fingerprint density at radius 2 is 1.89 bits per heavy atom. The van der Waals surface area contributed by atoms with E-state index in [1.807, 2.05) is 12.1 Å². The minimum atomic E-state index is -3.21. The zero-order valence-corrected chi connectivity index (χ0v) is 12.2. The molecule has 0 aliphatic carbocycles. The van der Waals surface area contributed by atoms with Gasteiger partial charge in [0, 0.05) is 21.2 Å². The molecule has 100 valence electrons. The molecule has 0 bridgehead atoms. The van der Waals surface area contributed by atoms with Crippen molar-refractivity contribution < 1.29 is 12.6 Å². The van der Waals surface area contributed by atoms with Gasteiger partial charge in [-0.1, -0.05) is 23.7 Å². The molecule has 19 heavy (non-hydrogen) atoms. The van der Waals surface area contributed by atoms with E-state index in [1.165, 1.54) is 11.5 Å². The highest BCUT2D eigenvalue weighted by Gasteiger charge is 2.08. The number of benzene rings is 1. The van der Waals surface area contributed by atoms with Gasteiger partial charge in [0.1, 0.15) is 0 Å². The van der Waals surface area contributed by atoms with E-state index in [1.54, 1.807) is 18.2 Å². The molecule has 0 saturated heterocycles. The Bertz CT molecular complexity index is 683. The summed E-state index contributed by atoms with van der Waals surface area (Å²) >= 11 is 5.76. The van der Waals surface area contributed by atoms with Crippen LogP contribution < -0.4 is 0 Å². The van der Waals surface area contributed by atoms with Crippen LogP contribution in [0.5, 0.6) is 0 Å². The Hall–Kier alpha value is -1.17. The molecule has 0 radical (unpaired) electrons. The van der Waals surface area contributed by atoms with Crippen LogP contribution in [0.3, 0.4) is 0 Å². The highest BCUT2D eigenvalue weighted by Crippen LogP contribution is 2.15. The van der Waals surface area contributed by atoms with E-state index in [0.29, 0.717) is 16.3 Å². The maximum atomic E-state index is 11.8. The molecule has 1 unspecified atom stereocenters. The first kappa shape index (κ1) is 14.2. The molecule has 2 rings (SSSR count). The Kier molecular flexibility index (Phi) is 4.39. The lowest BCUT2D eigenvalue weighted by molar-refractivity contribution is 0.613. The van der Waals surface area contributed by atoms with E-state index >= 15 is 0 Å². The van der Waals surface area contributed by atoms with Gasteiger partial charge >= 0.3 is 0 Å². The van der Waals surface area contributed by atoms with Crippen molar-refractivity contribution in [1.82, 2.24) is 0 Å². The third-order valence-electron chi connectivity index (χ3n) is 2.38. The fourth-order valence-electron chi connectivity index (χ4n) is 1.48. The summed E-state index contributed by atoms with van der Waals surface area (Å²) in [6, 6.07) is 7.11. The molecule has 0 saturated carbocycles.